The van der Waals surface area contributed by atoms with Crippen LogP contribution in [0, 0.1) is 0 Å². The lowest BCUT2D eigenvalue weighted by molar-refractivity contribution is -0.117. The second-order valence-electron chi connectivity index (χ2n) is 7.43. The van der Waals surface area contributed by atoms with Crippen molar-refractivity contribution in [3.63, 3.8) is 0 Å². The van der Waals surface area contributed by atoms with E-state index in [0.29, 0.717) is 22.6 Å². The topological polar surface area (TPSA) is 80.0 Å². The average molecular weight is 425 g/mol. The van der Waals surface area contributed by atoms with Crippen LogP contribution in [0.3, 0.4) is 0 Å². The zero-order valence-electron chi connectivity index (χ0n) is 17.2. The summed E-state index contributed by atoms with van der Waals surface area (Å²) in [6.07, 6.45) is 0. The van der Waals surface area contributed by atoms with Crippen molar-refractivity contribution in [2.45, 2.75) is 6.04 Å². The number of rotatable bonds is 5. The Hall–Kier alpha value is -4.32. The van der Waals surface area contributed by atoms with E-state index in [1.54, 1.807) is 67.8 Å². The van der Waals surface area contributed by atoms with Crippen LogP contribution in [0.4, 0.5) is 5.69 Å². The van der Waals surface area contributed by atoms with Crippen LogP contribution >= 0.6 is 0 Å². The second kappa shape index (κ2) is 7.74. The van der Waals surface area contributed by atoms with Crippen LogP contribution in [-0.4, -0.2) is 23.9 Å². The van der Waals surface area contributed by atoms with E-state index in [2.05, 4.69) is 0 Å². The Kier molecular flexibility index (Phi) is 4.75. The van der Waals surface area contributed by atoms with Crippen LogP contribution in [0.25, 0.3) is 11.0 Å². The fourth-order valence-electron chi connectivity index (χ4n) is 4.05. The van der Waals surface area contributed by atoms with E-state index in [1.807, 2.05) is 24.3 Å². The molecular weight excluding hydrogens is 406 g/mol. The maximum absolute atomic E-state index is 13.6. The Morgan fingerprint density at radius 2 is 1.72 bits per heavy atom. The van der Waals surface area contributed by atoms with E-state index >= 15 is 0 Å². The van der Waals surface area contributed by atoms with Gasteiger partial charge < -0.3 is 14.3 Å². The third-order valence-corrected chi connectivity index (χ3v) is 5.55. The molecule has 1 aliphatic heterocycles. The van der Waals surface area contributed by atoms with E-state index in [9.17, 15) is 14.7 Å². The van der Waals surface area contributed by atoms with Gasteiger partial charge in [0.2, 0.25) is 5.78 Å². The molecule has 4 aromatic rings. The highest BCUT2D eigenvalue weighted by Crippen LogP contribution is 2.42. The van der Waals surface area contributed by atoms with Crippen molar-refractivity contribution >= 4 is 28.3 Å². The maximum atomic E-state index is 13.6. The number of carbonyl (C=O) groups excluding carboxylic acids is 2. The van der Waals surface area contributed by atoms with Crippen molar-refractivity contribution in [3.05, 3.63) is 108 Å². The van der Waals surface area contributed by atoms with Crippen molar-refractivity contribution in [3.8, 4) is 5.75 Å². The molecule has 6 heteroatoms. The smallest absolute Gasteiger partial charge is 0.294 e. The molecule has 0 bridgehead atoms. The van der Waals surface area contributed by atoms with E-state index in [0.717, 1.165) is 5.39 Å². The van der Waals surface area contributed by atoms with Crippen LogP contribution < -0.4 is 9.64 Å². The summed E-state index contributed by atoms with van der Waals surface area (Å²) < 4.78 is 11.1. The summed E-state index contributed by atoms with van der Waals surface area (Å²) in [5.74, 6) is -1.15. The molecule has 158 valence electrons. The van der Waals surface area contributed by atoms with Gasteiger partial charge in [0.05, 0.1) is 18.7 Å². The van der Waals surface area contributed by atoms with E-state index < -0.39 is 23.5 Å². The van der Waals surface area contributed by atoms with E-state index in [4.69, 9.17) is 9.15 Å². The monoisotopic (exact) mass is 425 g/mol. The number of para-hydroxylation sites is 2. The number of hydrogen-bond donors (Lipinski definition) is 1. The Bertz CT molecular complexity index is 1340. The summed E-state index contributed by atoms with van der Waals surface area (Å²) in [6.45, 7) is 0. The summed E-state index contributed by atoms with van der Waals surface area (Å²) in [6, 6.07) is 24.1. The number of furan rings is 1. The zero-order valence-corrected chi connectivity index (χ0v) is 17.2. The van der Waals surface area contributed by atoms with Crippen molar-refractivity contribution in [1.29, 1.82) is 0 Å². The van der Waals surface area contributed by atoms with E-state index in [-0.39, 0.29) is 11.3 Å². The molecule has 1 unspecified atom stereocenters. The fourth-order valence-corrected chi connectivity index (χ4v) is 4.05. The fraction of sp³-hybridized carbons (Fsp3) is 0.0769. The summed E-state index contributed by atoms with van der Waals surface area (Å²) in [7, 11) is 1.54. The van der Waals surface area contributed by atoms with Gasteiger partial charge in [-0.3, -0.25) is 14.5 Å². The van der Waals surface area contributed by atoms with Crippen molar-refractivity contribution in [2.24, 2.45) is 0 Å². The van der Waals surface area contributed by atoms with Crippen molar-refractivity contribution in [2.75, 3.05) is 12.0 Å². The molecule has 1 N–H and O–H groups in total. The number of amides is 1. The van der Waals surface area contributed by atoms with Gasteiger partial charge in [0.25, 0.3) is 5.91 Å². The number of benzene rings is 3. The third-order valence-electron chi connectivity index (χ3n) is 5.55. The number of ether oxygens (including phenoxy) is 1. The molecule has 32 heavy (non-hydrogen) atoms. The van der Waals surface area contributed by atoms with Crippen molar-refractivity contribution < 1.29 is 23.8 Å². The van der Waals surface area contributed by atoms with Crippen LogP contribution in [0.1, 0.15) is 22.2 Å². The number of Topliss-reactive ketones (excluding diaryl/α,β-unsaturated/α-hetero) is 1. The number of fused-ring (bicyclic) bond motifs is 1. The minimum Gasteiger partial charge on any atom is -0.503 e. The Morgan fingerprint density at radius 3 is 2.47 bits per heavy atom. The van der Waals surface area contributed by atoms with Gasteiger partial charge in [-0.2, -0.15) is 0 Å². The Balaban J connectivity index is 1.67. The lowest BCUT2D eigenvalue weighted by Gasteiger charge is -2.27. The highest BCUT2D eigenvalue weighted by atomic mass is 16.5. The minimum atomic E-state index is -0.847. The highest BCUT2D eigenvalue weighted by molar-refractivity contribution is 6.20. The van der Waals surface area contributed by atoms with Gasteiger partial charge in [-0.15, -0.1) is 0 Å². The van der Waals surface area contributed by atoms with Gasteiger partial charge in [0, 0.05) is 11.1 Å². The molecule has 1 aromatic heterocycles. The van der Waals surface area contributed by atoms with Crippen LogP contribution in [0.5, 0.6) is 5.75 Å². The van der Waals surface area contributed by atoms with Gasteiger partial charge in [0.1, 0.15) is 11.3 Å². The minimum absolute atomic E-state index is 0.0360. The predicted octanol–water partition coefficient (Wildman–Crippen LogP) is 5.22. The summed E-state index contributed by atoms with van der Waals surface area (Å²) in [4.78, 5) is 28.1. The Morgan fingerprint density at radius 1 is 0.969 bits per heavy atom. The Labute approximate surface area is 184 Å². The molecule has 6 nitrogen and oxygen atoms in total. The first-order valence-corrected chi connectivity index (χ1v) is 10.1. The van der Waals surface area contributed by atoms with Crippen LogP contribution in [0.2, 0.25) is 0 Å². The lowest BCUT2D eigenvalue weighted by Crippen LogP contribution is -2.31. The summed E-state index contributed by atoms with van der Waals surface area (Å²) in [5, 5.41) is 11.6. The first kappa shape index (κ1) is 19.6. The molecule has 0 saturated heterocycles. The first-order valence-electron chi connectivity index (χ1n) is 10.1. The summed E-state index contributed by atoms with van der Waals surface area (Å²) in [5.41, 5.74) is 1.71. The molecule has 0 fully saturated rings. The van der Waals surface area contributed by atoms with Crippen LogP contribution in [0.15, 0.2) is 101 Å². The molecule has 2 heterocycles. The quantitative estimate of drug-likeness (QED) is 0.443. The number of anilines is 1. The number of hydrogen-bond acceptors (Lipinski definition) is 5. The molecule has 0 aliphatic carbocycles. The predicted molar refractivity (Wildman–Crippen MR) is 120 cm³/mol. The molecule has 0 radical (unpaired) electrons. The molecule has 1 atom stereocenters. The number of nitrogens with zero attached hydrogens (tertiary/aromatic N) is 1. The van der Waals surface area contributed by atoms with Crippen molar-refractivity contribution in [1.82, 2.24) is 0 Å². The zero-order chi connectivity index (χ0) is 22.2. The molecule has 1 amide bonds. The van der Waals surface area contributed by atoms with E-state index in [1.165, 1.54) is 4.90 Å². The summed E-state index contributed by atoms with van der Waals surface area (Å²) >= 11 is 0. The first-order chi connectivity index (χ1) is 15.6. The normalized spacial score (nSPS) is 16.1. The number of aliphatic hydroxyl groups is 1. The highest BCUT2D eigenvalue weighted by Gasteiger charge is 2.45. The average Bonchev–Trinajstić information content (AvgIpc) is 3.38. The molecular formula is C26H19NO5. The number of methoxy groups -OCH3 is 1. The van der Waals surface area contributed by atoms with Gasteiger partial charge in [-0.1, -0.05) is 48.5 Å². The van der Waals surface area contributed by atoms with Gasteiger partial charge in [-0.05, 0) is 42.0 Å². The SMILES string of the molecule is COc1cccc(C2C(C(=O)c3cc4ccccc4o3)=C(O)C(=O)N2c2ccccc2)c1. The molecule has 5 rings (SSSR count). The standard InChI is InChI=1S/C26H19NO5/c1-31-19-12-7-9-17(14-19)23-22(24(28)21-15-16-8-5-6-13-20(16)32-21)25(29)26(30)27(23)18-10-3-2-4-11-18/h2-15,23,29H,1H3. The maximum Gasteiger partial charge on any atom is 0.294 e. The number of carbonyl (C=O) groups is 2. The van der Waals surface area contributed by atoms with Gasteiger partial charge >= 0.3 is 0 Å². The van der Waals surface area contributed by atoms with Gasteiger partial charge in [-0.25, -0.2) is 0 Å². The molecule has 1 aliphatic rings. The number of aliphatic hydroxyl groups excluding tert-OH is 1. The molecule has 3 aromatic carbocycles. The lowest BCUT2D eigenvalue weighted by atomic mass is 9.94. The van der Waals surface area contributed by atoms with Gasteiger partial charge in [0.15, 0.2) is 11.5 Å². The van der Waals surface area contributed by atoms with Crippen LogP contribution in [-0.2, 0) is 4.79 Å². The second-order valence-corrected chi connectivity index (χ2v) is 7.43. The number of ketones is 1. The molecule has 0 spiro atoms. The largest absolute Gasteiger partial charge is 0.503 e. The molecule has 0 saturated carbocycles. The third kappa shape index (κ3) is 3.13.